The fourth-order valence-corrected chi connectivity index (χ4v) is 1.67. The molecule has 0 aliphatic heterocycles. The molecule has 3 nitrogen and oxygen atoms in total. The fourth-order valence-electron chi connectivity index (χ4n) is 1.67. The molecule has 0 aromatic heterocycles. The van der Waals surface area contributed by atoms with Crippen LogP contribution in [0.3, 0.4) is 0 Å². The van der Waals surface area contributed by atoms with Gasteiger partial charge >= 0.3 is 0 Å². The van der Waals surface area contributed by atoms with Gasteiger partial charge in [0, 0.05) is 0 Å². The highest BCUT2D eigenvalue weighted by atomic mass is 19.1. The Labute approximate surface area is 144 Å². The summed E-state index contributed by atoms with van der Waals surface area (Å²) in [6, 6.07) is 14.9. The fraction of sp³-hybridized carbons (Fsp3) is 0.250. The first-order valence-electron chi connectivity index (χ1n) is 7.79. The molecule has 0 radical (unpaired) electrons. The molecular weight excluding hydrogens is 301 g/mol. The van der Waals surface area contributed by atoms with Crippen LogP contribution in [-0.4, -0.2) is 5.84 Å². The van der Waals surface area contributed by atoms with E-state index < -0.39 is 0 Å². The number of halogens is 1. The van der Waals surface area contributed by atoms with E-state index in [0.717, 1.165) is 6.42 Å². The second-order valence-electron chi connectivity index (χ2n) is 5.03. The normalized spacial score (nSPS) is 9.38. The molecule has 2 rings (SSSR count). The van der Waals surface area contributed by atoms with Gasteiger partial charge in [0.2, 0.25) is 0 Å². The first-order chi connectivity index (χ1) is 11.4. The minimum absolute atomic E-state index is 0.0463. The Hall–Kier alpha value is -2.62. The van der Waals surface area contributed by atoms with Crippen molar-refractivity contribution in [2.45, 2.75) is 34.1 Å². The van der Waals surface area contributed by atoms with E-state index in [9.17, 15) is 4.39 Å². The van der Waals surface area contributed by atoms with Crippen LogP contribution in [0.1, 0.15) is 37.5 Å². The number of aryl methyl sites for hydroxylation is 2. The molecule has 0 heterocycles. The number of hydrogen-bond acceptors (Lipinski definition) is 2. The van der Waals surface area contributed by atoms with Crippen molar-refractivity contribution in [3.63, 3.8) is 0 Å². The summed E-state index contributed by atoms with van der Waals surface area (Å²) >= 11 is 0. The summed E-state index contributed by atoms with van der Waals surface area (Å²) in [6.07, 6.45) is 5.15. The van der Waals surface area contributed by atoms with E-state index in [0.29, 0.717) is 0 Å². The third-order valence-electron chi connectivity index (χ3n) is 3.02. The lowest BCUT2D eigenvalue weighted by molar-refractivity contribution is 0.627. The number of rotatable bonds is 2. The summed E-state index contributed by atoms with van der Waals surface area (Å²) in [4.78, 5) is 0. The van der Waals surface area contributed by atoms with Gasteiger partial charge in [-0.05, 0) is 56.0 Å². The summed E-state index contributed by atoms with van der Waals surface area (Å²) in [7, 11) is 0. The highest BCUT2D eigenvalue weighted by Gasteiger charge is 1.88. The van der Waals surface area contributed by atoms with Gasteiger partial charge < -0.3 is 0 Å². The van der Waals surface area contributed by atoms with Crippen molar-refractivity contribution >= 4 is 11.9 Å². The Kier molecular flexibility index (Phi) is 11.5. The number of amidine groups is 1. The van der Waals surface area contributed by atoms with Crippen molar-refractivity contribution in [1.82, 2.24) is 0 Å². The molecule has 24 heavy (non-hydrogen) atoms. The van der Waals surface area contributed by atoms with E-state index in [2.05, 4.69) is 48.5 Å². The zero-order valence-electron chi connectivity index (χ0n) is 14.8. The highest BCUT2D eigenvalue weighted by Crippen LogP contribution is 2.07. The van der Waals surface area contributed by atoms with Gasteiger partial charge in [0.25, 0.3) is 0 Å². The van der Waals surface area contributed by atoms with Crippen molar-refractivity contribution in [3.05, 3.63) is 77.1 Å². The molecular formula is C20H26FN3. The molecule has 0 bridgehead atoms. The average molecular weight is 327 g/mol. The maximum atomic E-state index is 12.2. The summed E-state index contributed by atoms with van der Waals surface area (Å²) in [5.74, 6) is -0.114. The third-order valence-corrected chi connectivity index (χ3v) is 3.02. The van der Waals surface area contributed by atoms with Crippen LogP contribution in [0.2, 0.25) is 0 Å². The van der Waals surface area contributed by atoms with E-state index >= 15 is 0 Å². The molecule has 0 saturated heterocycles. The van der Waals surface area contributed by atoms with Crippen LogP contribution in [0, 0.1) is 23.7 Å². The van der Waals surface area contributed by atoms with Crippen LogP contribution in [0.15, 0.2) is 59.7 Å². The van der Waals surface area contributed by atoms with E-state index in [1.807, 2.05) is 13.8 Å². The van der Waals surface area contributed by atoms with E-state index in [1.165, 1.54) is 35.7 Å². The second-order valence-corrected chi connectivity index (χ2v) is 5.03. The zero-order valence-corrected chi connectivity index (χ0v) is 14.8. The summed E-state index contributed by atoms with van der Waals surface area (Å²) < 4.78 is 12.2. The van der Waals surface area contributed by atoms with Gasteiger partial charge in [-0.1, -0.05) is 55.5 Å². The molecule has 0 aliphatic rings. The average Bonchev–Trinajstić information content (AvgIpc) is 2.59. The lowest BCUT2D eigenvalue weighted by Gasteiger charge is -1.96. The van der Waals surface area contributed by atoms with Gasteiger partial charge in [-0.15, -0.1) is 5.11 Å². The van der Waals surface area contributed by atoms with E-state index in [-0.39, 0.29) is 11.7 Å². The molecule has 2 N–H and O–H groups in total. The van der Waals surface area contributed by atoms with E-state index in [4.69, 9.17) is 10.9 Å². The first kappa shape index (κ1) is 21.4. The second kappa shape index (κ2) is 12.9. The van der Waals surface area contributed by atoms with Crippen LogP contribution in [-0.2, 0) is 6.42 Å². The van der Waals surface area contributed by atoms with Crippen molar-refractivity contribution in [1.29, 1.82) is 10.9 Å². The lowest BCUT2D eigenvalue weighted by atomic mass is 10.1. The topological polar surface area (TPSA) is 60.1 Å². The molecule has 2 aromatic carbocycles. The predicted octanol–water partition coefficient (Wildman–Crippen LogP) is 6.43. The van der Waals surface area contributed by atoms with Gasteiger partial charge in [-0.25, -0.2) is 9.92 Å². The van der Waals surface area contributed by atoms with Crippen LogP contribution < -0.4 is 0 Å². The molecule has 0 saturated carbocycles. The Balaban J connectivity index is 0.000000351. The van der Waals surface area contributed by atoms with Crippen LogP contribution in [0.25, 0.3) is 6.08 Å². The van der Waals surface area contributed by atoms with E-state index in [1.54, 1.807) is 12.1 Å². The molecule has 0 aliphatic carbocycles. The van der Waals surface area contributed by atoms with Gasteiger partial charge in [0.05, 0.1) is 0 Å². The molecule has 0 fully saturated rings. The SMILES string of the molecule is C/C=C\c1ccccc1C.CC(=N)N=N.CCc1ccc(F)cc1. The Morgan fingerprint density at radius 3 is 2.08 bits per heavy atom. The van der Waals surface area contributed by atoms with Crippen LogP contribution in [0.4, 0.5) is 4.39 Å². The first-order valence-corrected chi connectivity index (χ1v) is 7.79. The molecule has 0 amide bonds. The smallest absolute Gasteiger partial charge is 0.139 e. The third kappa shape index (κ3) is 10.2. The number of nitrogens with one attached hydrogen (secondary N) is 2. The largest absolute Gasteiger partial charge is 0.285 e. The maximum absolute atomic E-state index is 12.2. The lowest BCUT2D eigenvalue weighted by Crippen LogP contribution is -1.78. The van der Waals surface area contributed by atoms with Crippen molar-refractivity contribution in [2.24, 2.45) is 5.11 Å². The molecule has 0 atom stereocenters. The highest BCUT2D eigenvalue weighted by molar-refractivity contribution is 5.75. The Bertz CT molecular complexity index is 646. The van der Waals surface area contributed by atoms with Crippen LogP contribution >= 0.6 is 0 Å². The van der Waals surface area contributed by atoms with Crippen LogP contribution in [0.5, 0.6) is 0 Å². The summed E-state index contributed by atoms with van der Waals surface area (Å²) in [5.41, 5.74) is 9.88. The minimum Gasteiger partial charge on any atom is -0.285 e. The van der Waals surface area contributed by atoms with Gasteiger partial charge in [0.1, 0.15) is 11.7 Å². The molecule has 4 heteroatoms. The number of allylic oxidation sites excluding steroid dienone is 1. The monoisotopic (exact) mass is 327 g/mol. The van der Waals surface area contributed by atoms with Gasteiger partial charge in [0.15, 0.2) is 0 Å². The maximum Gasteiger partial charge on any atom is 0.139 e. The molecule has 0 spiro atoms. The minimum atomic E-state index is -0.160. The quantitative estimate of drug-likeness (QED) is 0.363. The Morgan fingerprint density at radius 1 is 1.12 bits per heavy atom. The number of hydrogen-bond donors (Lipinski definition) is 2. The number of benzene rings is 2. The van der Waals surface area contributed by atoms with Crippen molar-refractivity contribution in [2.75, 3.05) is 0 Å². The summed E-state index contributed by atoms with van der Waals surface area (Å²) in [5, 5.41) is 9.11. The molecule has 0 unspecified atom stereocenters. The zero-order chi connectivity index (χ0) is 18.4. The van der Waals surface area contributed by atoms with Gasteiger partial charge in [-0.2, -0.15) is 0 Å². The number of nitrogens with zero attached hydrogens (tertiary/aromatic N) is 1. The molecule has 128 valence electrons. The van der Waals surface area contributed by atoms with Gasteiger partial charge in [-0.3, -0.25) is 5.41 Å². The van der Waals surface area contributed by atoms with Crippen molar-refractivity contribution in [3.8, 4) is 0 Å². The predicted molar refractivity (Wildman–Crippen MR) is 100 cm³/mol. The Morgan fingerprint density at radius 2 is 1.67 bits per heavy atom. The van der Waals surface area contributed by atoms with Crippen molar-refractivity contribution < 1.29 is 4.39 Å². The molecule has 2 aromatic rings. The summed E-state index contributed by atoms with van der Waals surface area (Å²) in [6.45, 7) is 7.65. The standard InChI is InChI=1S/C10H12.C8H9F.C2H5N3/c1-3-6-10-8-5-4-7-9(10)2;1-2-7-3-5-8(9)6-4-7;1-2(3)5-4/h3-8H,1-2H3;3-6H,2H2,1H3;3-4H,1H3/b6-3-;;.